The van der Waals surface area contributed by atoms with Crippen LogP contribution in [0.25, 0.3) is 6.08 Å². The van der Waals surface area contributed by atoms with Gasteiger partial charge in [-0.1, -0.05) is 98.5 Å². The van der Waals surface area contributed by atoms with Gasteiger partial charge in [0.1, 0.15) is 30.0 Å². The van der Waals surface area contributed by atoms with E-state index in [2.05, 4.69) is 6.58 Å². The van der Waals surface area contributed by atoms with Crippen LogP contribution in [0.3, 0.4) is 0 Å². The number of epoxide rings is 1. The first-order valence-electron chi connectivity index (χ1n) is 16.2. The average Bonchev–Trinajstić information content (AvgIpc) is 3.71. The Morgan fingerprint density at radius 1 is 1.02 bits per heavy atom. The Bertz CT molecular complexity index is 1790. The third-order valence-corrected chi connectivity index (χ3v) is 11.5. The maximum atomic E-state index is 13.9. The second-order valence-electron chi connectivity index (χ2n) is 13.9. The summed E-state index contributed by atoms with van der Waals surface area (Å²) in [5.74, 6) is -5.98. The number of esters is 1. The van der Waals surface area contributed by atoms with Crippen molar-refractivity contribution in [2.45, 2.75) is 73.6 Å². The van der Waals surface area contributed by atoms with Crippen molar-refractivity contribution in [3.63, 3.8) is 0 Å². The number of benzene rings is 2. The summed E-state index contributed by atoms with van der Waals surface area (Å²) in [6, 6.07) is 18.6. The molecule has 10 heteroatoms. The minimum atomic E-state index is -2.43. The normalized spacial score (nSPS) is 45.0. The van der Waals surface area contributed by atoms with E-state index in [1.54, 1.807) is 56.3 Å². The molecule has 12 atom stereocenters. The van der Waals surface area contributed by atoms with Gasteiger partial charge in [0.2, 0.25) is 0 Å². The number of rotatable bonds is 7. The van der Waals surface area contributed by atoms with Crippen molar-refractivity contribution in [3.05, 3.63) is 114 Å². The van der Waals surface area contributed by atoms with Gasteiger partial charge < -0.3 is 39.0 Å². The maximum Gasteiger partial charge on any atom is 0.331 e. The van der Waals surface area contributed by atoms with Crippen LogP contribution in [-0.2, 0) is 39.2 Å². The lowest BCUT2D eigenvalue weighted by molar-refractivity contribution is -0.440. The number of ketones is 1. The van der Waals surface area contributed by atoms with E-state index >= 15 is 0 Å². The molecule has 250 valence electrons. The highest BCUT2D eigenvalue weighted by molar-refractivity contribution is 6.05. The first kappa shape index (κ1) is 31.5. The summed E-state index contributed by atoms with van der Waals surface area (Å²) in [7, 11) is 0. The highest BCUT2D eigenvalue weighted by Crippen LogP contribution is 2.74. The summed E-state index contributed by atoms with van der Waals surface area (Å²) < 4.78 is 33.4. The number of allylic oxidation sites excluding steroid dienone is 2. The van der Waals surface area contributed by atoms with Crippen molar-refractivity contribution in [2.75, 3.05) is 6.61 Å². The van der Waals surface area contributed by atoms with Crippen LogP contribution in [0.15, 0.2) is 103 Å². The molecule has 10 nitrogen and oxygen atoms in total. The van der Waals surface area contributed by atoms with E-state index < -0.39 is 88.9 Å². The minimum absolute atomic E-state index is 0.226. The van der Waals surface area contributed by atoms with Crippen LogP contribution in [0.2, 0.25) is 0 Å². The molecule has 3 saturated heterocycles. The van der Waals surface area contributed by atoms with Gasteiger partial charge in [-0.3, -0.25) is 4.79 Å². The molecule has 5 fully saturated rings. The van der Waals surface area contributed by atoms with Crippen molar-refractivity contribution in [1.82, 2.24) is 0 Å². The smallest absolute Gasteiger partial charge is 0.331 e. The molecule has 8 rings (SSSR count). The Balaban J connectivity index is 1.29. The molecular formula is C38H38O10. The van der Waals surface area contributed by atoms with Crippen molar-refractivity contribution < 1.29 is 48.6 Å². The minimum Gasteiger partial charge on any atom is -0.455 e. The predicted octanol–water partition coefficient (Wildman–Crippen LogP) is 3.12. The molecule has 2 aromatic rings. The van der Waals surface area contributed by atoms with Crippen molar-refractivity contribution in [3.8, 4) is 0 Å². The Morgan fingerprint density at radius 3 is 2.38 bits per heavy atom. The molecule has 0 radical (unpaired) electrons. The van der Waals surface area contributed by atoms with Crippen molar-refractivity contribution in [1.29, 1.82) is 0 Å². The van der Waals surface area contributed by atoms with E-state index in [1.165, 1.54) is 6.08 Å². The molecule has 0 spiro atoms. The van der Waals surface area contributed by atoms with E-state index in [0.717, 1.165) is 5.56 Å². The van der Waals surface area contributed by atoms with Gasteiger partial charge in [-0.25, -0.2) is 4.79 Å². The summed E-state index contributed by atoms with van der Waals surface area (Å²) in [4.78, 5) is 27.5. The fraction of sp³-hybridized carbons (Fsp3) is 0.421. The Hall–Kier alpha value is -3.74. The van der Waals surface area contributed by atoms with Gasteiger partial charge >= 0.3 is 11.9 Å². The predicted molar refractivity (Wildman–Crippen MR) is 170 cm³/mol. The first-order chi connectivity index (χ1) is 22.9. The van der Waals surface area contributed by atoms with Gasteiger partial charge in [-0.05, 0) is 30.6 Å². The van der Waals surface area contributed by atoms with Gasteiger partial charge in [-0.15, -0.1) is 0 Å². The summed E-state index contributed by atoms with van der Waals surface area (Å²) in [5.41, 5.74) is -4.99. The monoisotopic (exact) mass is 654 g/mol. The SMILES string of the molecule is C=C(C)[C@@]12O[C@@]3(c4ccccc4)O[C@@H]1[C@@H]1[C@@H]4O[C@]4(CO)[C@@H](O)[C@]4(O)C(=O)C(C)=C[C@H]4[C@@]1(O3)[C@H](C)[C@H]2OC(=O)/C=C/C=C\c1ccccc1. The molecule has 2 saturated carbocycles. The molecule has 2 aromatic carbocycles. The van der Waals surface area contributed by atoms with Crippen LogP contribution < -0.4 is 0 Å². The summed E-state index contributed by atoms with van der Waals surface area (Å²) in [6.07, 6.45) is 3.34. The zero-order valence-electron chi connectivity index (χ0n) is 26.8. The molecule has 6 aliphatic rings. The molecule has 3 N–H and O–H groups in total. The Labute approximate surface area is 277 Å². The van der Waals surface area contributed by atoms with Gasteiger partial charge in [0, 0.05) is 29.4 Å². The second kappa shape index (κ2) is 10.4. The number of Topliss-reactive ketones (excluding diaryl/α,β-unsaturated/α-hetero) is 1. The average molecular weight is 655 g/mol. The fourth-order valence-corrected chi connectivity index (χ4v) is 9.34. The number of carbonyl (C=O) groups excluding carboxylic acids is 2. The van der Waals surface area contributed by atoms with Crippen LogP contribution in [0.5, 0.6) is 0 Å². The number of aliphatic hydroxyl groups is 3. The van der Waals surface area contributed by atoms with Crippen LogP contribution in [0, 0.1) is 17.8 Å². The molecule has 3 aliphatic carbocycles. The summed E-state index contributed by atoms with van der Waals surface area (Å²) in [6.45, 7) is 8.79. The van der Waals surface area contributed by atoms with E-state index in [1.807, 2.05) is 49.4 Å². The summed E-state index contributed by atoms with van der Waals surface area (Å²) >= 11 is 0. The number of hydrogen-bond donors (Lipinski definition) is 3. The highest BCUT2D eigenvalue weighted by Gasteiger charge is 2.90. The van der Waals surface area contributed by atoms with Gasteiger partial charge in [0.05, 0.1) is 12.2 Å². The van der Waals surface area contributed by atoms with Crippen molar-refractivity contribution in [2.24, 2.45) is 17.8 Å². The number of ether oxygens (including phenoxy) is 5. The lowest BCUT2D eigenvalue weighted by Crippen LogP contribution is -2.76. The first-order valence-corrected chi connectivity index (χ1v) is 16.2. The lowest BCUT2D eigenvalue weighted by atomic mass is 9.53. The van der Waals surface area contributed by atoms with E-state index in [4.69, 9.17) is 23.7 Å². The molecule has 3 bridgehead atoms. The number of hydrogen-bond acceptors (Lipinski definition) is 10. The summed E-state index contributed by atoms with van der Waals surface area (Å²) in [5, 5.41) is 34.9. The molecule has 0 amide bonds. The van der Waals surface area contributed by atoms with Gasteiger partial charge in [-0.2, -0.15) is 0 Å². The van der Waals surface area contributed by atoms with Crippen LogP contribution >= 0.6 is 0 Å². The molecule has 0 unspecified atom stereocenters. The van der Waals surface area contributed by atoms with E-state index in [-0.39, 0.29) is 5.57 Å². The number of carbonyl (C=O) groups is 2. The number of aliphatic hydroxyl groups excluding tert-OH is 2. The number of fused-ring (bicyclic) bond motifs is 3. The fourth-order valence-electron chi connectivity index (χ4n) is 9.34. The largest absolute Gasteiger partial charge is 0.455 e. The lowest BCUT2D eigenvalue weighted by Gasteiger charge is -2.61. The van der Waals surface area contributed by atoms with Crippen LogP contribution in [0.1, 0.15) is 31.9 Å². The van der Waals surface area contributed by atoms with Gasteiger partial charge in [0.25, 0.3) is 0 Å². The molecule has 3 heterocycles. The van der Waals surface area contributed by atoms with Crippen LogP contribution in [-0.4, -0.2) is 80.5 Å². The molecule has 3 aliphatic heterocycles. The van der Waals surface area contributed by atoms with E-state index in [9.17, 15) is 24.9 Å². The Kier molecular flexibility index (Phi) is 6.82. The second-order valence-corrected chi connectivity index (χ2v) is 13.9. The molecule has 48 heavy (non-hydrogen) atoms. The van der Waals surface area contributed by atoms with Gasteiger partial charge in [0.15, 0.2) is 17.0 Å². The van der Waals surface area contributed by atoms with E-state index in [0.29, 0.717) is 11.1 Å². The Morgan fingerprint density at radius 2 is 1.71 bits per heavy atom. The zero-order chi connectivity index (χ0) is 33.9. The molecule has 0 aromatic heterocycles. The quantitative estimate of drug-likeness (QED) is 0.134. The zero-order valence-corrected chi connectivity index (χ0v) is 26.8. The van der Waals surface area contributed by atoms with Crippen molar-refractivity contribution >= 4 is 17.8 Å². The third kappa shape index (κ3) is 3.76. The highest BCUT2D eigenvalue weighted by atomic mass is 16.9. The third-order valence-electron chi connectivity index (χ3n) is 11.5. The molecular weight excluding hydrogens is 616 g/mol. The topological polar surface area (TPSA) is 144 Å². The maximum absolute atomic E-state index is 13.9. The van der Waals surface area contributed by atoms with Crippen LogP contribution in [0.4, 0.5) is 0 Å². The standard InChI is InChI=1S/C38H38O10/c1-21(2)36-30(44-27(40)18-12-11-15-24-13-7-5-8-14-24)23(4)37-26-19-22(3)29(41)35(26,43)33(42)34(20-39)31(45-34)28(37)32(36)46-38(47-36,48-37)25-16-9-6-10-17-25/h5-19,23,26,28,30-33,39,42-43H,1,20H2,2-4H3/b15-11-,18-12+/t23-,26-,28+,30-,31+,32-,33-,34+,35-,36+,37+,38-/m1/s1.